The molecule has 114 valence electrons. The molecule has 0 spiro atoms. The predicted molar refractivity (Wildman–Crippen MR) is 69.4 cm³/mol. The van der Waals surface area contributed by atoms with Crippen molar-refractivity contribution in [2.45, 2.75) is 31.0 Å². The predicted octanol–water partition coefficient (Wildman–Crippen LogP) is 1.73. The third kappa shape index (κ3) is 4.21. The van der Waals surface area contributed by atoms with Crippen LogP contribution in [0.2, 0.25) is 0 Å². The van der Waals surface area contributed by atoms with Crippen LogP contribution < -0.4 is 10.6 Å². The van der Waals surface area contributed by atoms with Crippen molar-refractivity contribution in [3.63, 3.8) is 0 Å². The quantitative estimate of drug-likeness (QED) is 0.889. The molecule has 0 radical (unpaired) electrons. The van der Waals surface area contributed by atoms with Gasteiger partial charge in [0.15, 0.2) is 0 Å². The number of hydrogen-bond acceptors (Lipinski definition) is 2. The van der Waals surface area contributed by atoms with E-state index in [2.05, 4.69) is 10.6 Å². The molecule has 1 heterocycles. The molecule has 21 heavy (non-hydrogen) atoms. The summed E-state index contributed by atoms with van der Waals surface area (Å²) < 4.78 is 39.3. The zero-order chi connectivity index (χ0) is 15.5. The Labute approximate surface area is 119 Å². The lowest BCUT2D eigenvalue weighted by Gasteiger charge is -2.21. The molecule has 1 aromatic carbocycles. The van der Waals surface area contributed by atoms with Crippen molar-refractivity contribution in [1.82, 2.24) is 10.6 Å². The summed E-state index contributed by atoms with van der Waals surface area (Å²) in [5, 5.41) is 4.97. The highest BCUT2D eigenvalue weighted by atomic mass is 19.4. The summed E-state index contributed by atoms with van der Waals surface area (Å²) in [4.78, 5) is 22.8. The number of halogens is 3. The highest BCUT2D eigenvalue weighted by molar-refractivity contribution is 5.82. The molecule has 1 saturated heterocycles. The minimum Gasteiger partial charge on any atom is -0.354 e. The molecular formula is C14H15F3N2O2. The zero-order valence-electron chi connectivity index (χ0n) is 11.1. The lowest BCUT2D eigenvalue weighted by atomic mass is 9.94. The Morgan fingerprint density at radius 3 is 2.52 bits per heavy atom. The van der Waals surface area contributed by atoms with Crippen molar-refractivity contribution in [3.8, 4) is 0 Å². The molecule has 0 aromatic heterocycles. The van der Waals surface area contributed by atoms with Gasteiger partial charge in [-0.2, -0.15) is 13.2 Å². The molecule has 4 nitrogen and oxygen atoms in total. The number of hydrogen-bond donors (Lipinski definition) is 2. The molecule has 1 aromatic rings. The molecular weight excluding hydrogens is 285 g/mol. The van der Waals surface area contributed by atoms with E-state index in [1.54, 1.807) is 6.07 Å². The molecule has 2 rings (SSSR count). The SMILES string of the molecule is O=C1C[C@H](NC(=O)C[C@@H](c2ccccc2)C(F)(F)F)CN1. The lowest BCUT2D eigenvalue weighted by molar-refractivity contribution is -0.157. The lowest BCUT2D eigenvalue weighted by Crippen LogP contribution is -2.38. The van der Waals surface area contributed by atoms with E-state index in [-0.39, 0.29) is 24.4 Å². The first-order chi connectivity index (χ1) is 9.86. The fourth-order valence-electron chi connectivity index (χ4n) is 2.29. The second kappa shape index (κ2) is 6.15. The third-order valence-corrected chi connectivity index (χ3v) is 3.33. The van der Waals surface area contributed by atoms with Crippen LogP contribution in [0.1, 0.15) is 24.3 Å². The van der Waals surface area contributed by atoms with E-state index in [0.29, 0.717) is 0 Å². The summed E-state index contributed by atoms with van der Waals surface area (Å²) >= 11 is 0. The largest absolute Gasteiger partial charge is 0.396 e. The maximum Gasteiger partial charge on any atom is 0.396 e. The van der Waals surface area contributed by atoms with Crippen molar-refractivity contribution in [2.75, 3.05) is 6.54 Å². The van der Waals surface area contributed by atoms with Gasteiger partial charge in [0.2, 0.25) is 11.8 Å². The number of alkyl halides is 3. The van der Waals surface area contributed by atoms with Gasteiger partial charge in [-0.3, -0.25) is 9.59 Å². The van der Waals surface area contributed by atoms with Crippen molar-refractivity contribution >= 4 is 11.8 Å². The van der Waals surface area contributed by atoms with E-state index in [9.17, 15) is 22.8 Å². The number of carbonyl (C=O) groups is 2. The molecule has 0 unspecified atom stereocenters. The van der Waals surface area contributed by atoms with Gasteiger partial charge in [0.05, 0.1) is 12.0 Å². The summed E-state index contributed by atoms with van der Waals surface area (Å²) in [5.74, 6) is -2.76. The summed E-state index contributed by atoms with van der Waals surface area (Å²) in [6.07, 6.45) is -5.07. The molecule has 2 atom stereocenters. The van der Waals surface area contributed by atoms with Gasteiger partial charge >= 0.3 is 6.18 Å². The van der Waals surface area contributed by atoms with Gasteiger partial charge in [-0.15, -0.1) is 0 Å². The highest BCUT2D eigenvalue weighted by Gasteiger charge is 2.42. The number of carbonyl (C=O) groups excluding carboxylic acids is 2. The summed E-state index contributed by atoms with van der Waals surface area (Å²) in [7, 11) is 0. The number of benzene rings is 1. The highest BCUT2D eigenvalue weighted by Crippen LogP contribution is 2.37. The van der Waals surface area contributed by atoms with E-state index in [0.717, 1.165) is 0 Å². The van der Waals surface area contributed by atoms with E-state index in [4.69, 9.17) is 0 Å². The Kier molecular flexibility index (Phi) is 4.50. The maximum atomic E-state index is 13.1. The van der Waals surface area contributed by atoms with Gasteiger partial charge in [-0.25, -0.2) is 0 Å². The number of rotatable bonds is 4. The fraction of sp³-hybridized carbons (Fsp3) is 0.429. The van der Waals surface area contributed by atoms with Crippen molar-refractivity contribution < 1.29 is 22.8 Å². The first kappa shape index (κ1) is 15.3. The van der Waals surface area contributed by atoms with Crippen molar-refractivity contribution in [3.05, 3.63) is 35.9 Å². The smallest absolute Gasteiger partial charge is 0.354 e. The number of amides is 2. The Bertz CT molecular complexity index is 517. The van der Waals surface area contributed by atoms with Gasteiger partial charge in [0, 0.05) is 19.4 Å². The third-order valence-electron chi connectivity index (χ3n) is 3.33. The molecule has 0 aliphatic carbocycles. The van der Waals surface area contributed by atoms with Crippen molar-refractivity contribution in [2.24, 2.45) is 0 Å². The molecule has 1 aliphatic rings. The van der Waals surface area contributed by atoms with Gasteiger partial charge in [0.1, 0.15) is 0 Å². The summed E-state index contributed by atoms with van der Waals surface area (Å²) in [6.45, 7) is 0.257. The Hall–Kier alpha value is -2.05. The molecule has 1 aliphatic heterocycles. The second-order valence-corrected chi connectivity index (χ2v) is 4.98. The van der Waals surface area contributed by atoms with E-state index in [1.807, 2.05) is 0 Å². The zero-order valence-corrected chi connectivity index (χ0v) is 11.1. The maximum absolute atomic E-state index is 13.1. The van der Waals surface area contributed by atoms with Crippen molar-refractivity contribution in [1.29, 1.82) is 0 Å². The molecule has 1 fully saturated rings. The van der Waals surface area contributed by atoms with Crippen LogP contribution in [0.25, 0.3) is 0 Å². The second-order valence-electron chi connectivity index (χ2n) is 4.98. The Balaban J connectivity index is 2.02. The van der Waals surface area contributed by atoms with Crippen LogP contribution in [0.5, 0.6) is 0 Å². The normalized spacial score (nSPS) is 20.0. The monoisotopic (exact) mass is 300 g/mol. The Morgan fingerprint density at radius 2 is 2.00 bits per heavy atom. The minimum absolute atomic E-state index is 0.0563. The van der Waals surface area contributed by atoms with Crippen LogP contribution in [-0.4, -0.2) is 30.6 Å². The minimum atomic E-state index is -4.50. The topological polar surface area (TPSA) is 58.2 Å². The van der Waals surface area contributed by atoms with E-state index < -0.39 is 30.5 Å². The first-order valence-corrected chi connectivity index (χ1v) is 6.54. The Morgan fingerprint density at radius 1 is 1.33 bits per heavy atom. The molecule has 2 amide bonds. The van der Waals surface area contributed by atoms with Gasteiger partial charge in [-0.05, 0) is 5.56 Å². The summed E-state index contributed by atoms with van der Waals surface area (Å²) in [6, 6.07) is 6.90. The average Bonchev–Trinajstić information content (AvgIpc) is 2.81. The molecule has 0 saturated carbocycles. The van der Waals surface area contributed by atoms with Gasteiger partial charge in [0.25, 0.3) is 0 Å². The van der Waals surface area contributed by atoms with E-state index >= 15 is 0 Å². The van der Waals surface area contributed by atoms with Crippen LogP contribution in [0, 0.1) is 0 Å². The standard InChI is InChI=1S/C14H15F3N2O2/c15-14(16,17)11(9-4-2-1-3-5-9)7-13(21)19-10-6-12(20)18-8-10/h1-5,10-11H,6-8H2,(H,18,20)(H,19,21)/t10-,11-/m0/s1. The van der Waals surface area contributed by atoms with Crippen LogP contribution in [-0.2, 0) is 9.59 Å². The molecule has 7 heteroatoms. The summed E-state index contributed by atoms with van der Waals surface area (Å²) in [5.41, 5.74) is 0.0563. The molecule has 0 bridgehead atoms. The van der Waals surface area contributed by atoms with Gasteiger partial charge < -0.3 is 10.6 Å². The average molecular weight is 300 g/mol. The van der Waals surface area contributed by atoms with Crippen LogP contribution >= 0.6 is 0 Å². The van der Waals surface area contributed by atoms with Crippen LogP contribution in [0.3, 0.4) is 0 Å². The van der Waals surface area contributed by atoms with E-state index in [1.165, 1.54) is 24.3 Å². The molecule has 2 N–H and O–H groups in total. The van der Waals surface area contributed by atoms with Gasteiger partial charge in [-0.1, -0.05) is 30.3 Å². The van der Waals surface area contributed by atoms with Crippen LogP contribution in [0.4, 0.5) is 13.2 Å². The fourth-order valence-corrected chi connectivity index (χ4v) is 2.29. The van der Waals surface area contributed by atoms with Crippen LogP contribution in [0.15, 0.2) is 30.3 Å². The first-order valence-electron chi connectivity index (χ1n) is 6.54. The number of nitrogens with one attached hydrogen (secondary N) is 2.